The zero-order chi connectivity index (χ0) is 16.7. The number of nitrogens with zero attached hydrogens (tertiary/aromatic N) is 3. The van der Waals surface area contributed by atoms with E-state index in [0.717, 1.165) is 28.6 Å². The highest BCUT2D eigenvalue weighted by Gasteiger charge is 2.35. The van der Waals surface area contributed by atoms with E-state index in [-0.39, 0.29) is 0 Å². The lowest BCUT2D eigenvalue weighted by molar-refractivity contribution is -0.145. The average molecular weight is 332 g/mol. The van der Waals surface area contributed by atoms with Crippen LogP contribution in [0, 0.1) is 0 Å². The van der Waals surface area contributed by atoms with Crippen LogP contribution in [0.4, 0.5) is 13.2 Å². The number of H-pyrrole nitrogens is 1. The minimum atomic E-state index is -4.50. The molecule has 0 saturated carbocycles. The lowest BCUT2D eigenvalue weighted by Gasteiger charge is -2.28. The summed E-state index contributed by atoms with van der Waals surface area (Å²) in [6, 6.07) is 8.17. The highest BCUT2D eigenvalue weighted by Crippen LogP contribution is 2.28. The van der Waals surface area contributed by atoms with Crippen molar-refractivity contribution in [1.82, 2.24) is 19.9 Å². The number of rotatable bonds is 2. The number of fused-ring (bicyclic) bond motifs is 2. The largest absolute Gasteiger partial charge is 0.451 e. The van der Waals surface area contributed by atoms with Gasteiger partial charge in [0.2, 0.25) is 5.82 Å². The second-order valence-electron chi connectivity index (χ2n) is 6.02. The van der Waals surface area contributed by atoms with Gasteiger partial charge in [-0.25, -0.2) is 9.97 Å². The van der Waals surface area contributed by atoms with Crippen LogP contribution in [0.2, 0.25) is 0 Å². The smallest absolute Gasteiger partial charge is 0.361 e. The minimum absolute atomic E-state index is 0.406. The Bertz CT molecular complexity index is 885. The summed E-state index contributed by atoms with van der Waals surface area (Å²) in [7, 11) is 0. The van der Waals surface area contributed by atoms with Crippen molar-refractivity contribution >= 4 is 10.9 Å². The molecule has 2 aromatic heterocycles. The van der Waals surface area contributed by atoms with Crippen LogP contribution >= 0.6 is 0 Å². The molecule has 1 aliphatic heterocycles. The number of nitrogens with one attached hydrogen (secondary N) is 1. The number of aromatic nitrogens is 3. The quantitative estimate of drug-likeness (QED) is 0.781. The Morgan fingerprint density at radius 2 is 2.08 bits per heavy atom. The van der Waals surface area contributed by atoms with E-state index in [1.54, 1.807) is 0 Å². The Morgan fingerprint density at radius 3 is 2.92 bits per heavy atom. The zero-order valence-corrected chi connectivity index (χ0v) is 12.8. The van der Waals surface area contributed by atoms with Gasteiger partial charge >= 0.3 is 6.18 Å². The molecule has 1 aliphatic rings. The van der Waals surface area contributed by atoms with Gasteiger partial charge in [0.1, 0.15) is 0 Å². The van der Waals surface area contributed by atoms with Gasteiger partial charge in [0.25, 0.3) is 0 Å². The molecule has 0 fully saturated rings. The van der Waals surface area contributed by atoms with Crippen molar-refractivity contribution in [1.29, 1.82) is 0 Å². The third-order valence-corrected chi connectivity index (χ3v) is 4.30. The normalized spacial score (nSPS) is 15.6. The fourth-order valence-electron chi connectivity index (χ4n) is 3.08. The Labute approximate surface area is 136 Å². The number of alkyl halides is 3. The SMILES string of the molecule is FC(F)(F)c1ncc2c(n1)CN(Cc1ccc3cc[nH]c3c1)CC2. The number of aromatic amines is 1. The third kappa shape index (κ3) is 2.87. The molecule has 0 saturated heterocycles. The molecule has 3 aromatic rings. The van der Waals surface area contributed by atoms with Gasteiger partial charge in [-0.05, 0) is 35.1 Å². The number of halogens is 3. The number of benzene rings is 1. The molecule has 124 valence electrons. The summed E-state index contributed by atoms with van der Waals surface area (Å²) >= 11 is 0. The van der Waals surface area contributed by atoms with E-state index in [0.29, 0.717) is 25.2 Å². The summed E-state index contributed by atoms with van der Waals surface area (Å²) in [6.45, 7) is 1.87. The second kappa shape index (κ2) is 5.59. The fraction of sp³-hybridized carbons (Fsp3) is 0.294. The third-order valence-electron chi connectivity index (χ3n) is 4.30. The van der Waals surface area contributed by atoms with Crippen LogP contribution in [0.5, 0.6) is 0 Å². The average Bonchev–Trinajstić information content (AvgIpc) is 3.01. The van der Waals surface area contributed by atoms with E-state index < -0.39 is 12.0 Å². The van der Waals surface area contributed by atoms with Gasteiger partial charge in [-0.3, -0.25) is 4.90 Å². The summed E-state index contributed by atoms with van der Waals surface area (Å²) < 4.78 is 38.3. The molecular weight excluding hydrogens is 317 g/mol. The van der Waals surface area contributed by atoms with Crippen LogP contribution in [0.3, 0.4) is 0 Å². The van der Waals surface area contributed by atoms with Crippen molar-refractivity contribution in [2.24, 2.45) is 0 Å². The maximum absolute atomic E-state index is 12.8. The van der Waals surface area contributed by atoms with E-state index in [1.165, 1.54) is 6.20 Å². The molecule has 0 spiro atoms. The number of hydrogen-bond donors (Lipinski definition) is 1. The Balaban J connectivity index is 1.54. The predicted molar refractivity (Wildman–Crippen MR) is 83.2 cm³/mol. The molecule has 0 unspecified atom stereocenters. The predicted octanol–water partition coefficient (Wildman–Crippen LogP) is 3.54. The van der Waals surface area contributed by atoms with Gasteiger partial charge in [0.05, 0.1) is 5.69 Å². The van der Waals surface area contributed by atoms with Crippen LogP contribution in [0.15, 0.2) is 36.7 Å². The van der Waals surface area contributed by atoms with Crippen LogP contribution in [0.1, 0.15) is 22.6 Å². The fourth-order valence-corrected chi connectivity index (χ4v) is 3.08. The van der Waals surface area contributed by atoms with Crippen molar-refractivity contribution in [2.75, 3.05) is 6.54 Å². The van der Waals surface area contributed by atoms with Gasteiger partial charge in [0, 0.05) is 37.5 Å². The van der Waals surface area contributed by atoms with Crippen LogP contribution in [0.25, 0.3) is 10.9 Å². The topological polar surface area (TPSA) is 44.8 Å². The molecule has 0 bridgehead atoms. The summed E-state index contributed by atoms with van der Waals surface area (Å²) in [5, 5.41) is 1.14. The summed E-state index contributed by atoms with van der Waals surface area (Å²) in [5.74, 6) is -1.06. The molecule has 0 amide bonds. The molecule has 0 aliphatic carbocycles. The summed E-state index contributed by atoms with van der Waals surface area (Å²) in [5.41, 5.74) is 3.47. The van der Waals surface area contributed by atoms with Crippen molar-refractivity contribution in [2.45, 2.75) is 25.7 Å². The first-order valence-corrected chi connectivity index (χ1v) is 7.69. The first kappa shape index (κ1) is 15.1. The van der Waals surface area contributed by atoms with Crippen molar-refractivity contribution < 1.29 is 13.2 Å². The summed E-state index contributed by atoms with van der Waals surface area (Å²) in [4.78, 5) is 12.5. The molecule has 0 atom stereocenters. The molecule has 4 rings (SSSR count). The first-order chi connectivity index (χ1) is 11.5. The molecule has 1 aromatic carbocycles. The van der Waals surface area contributed by atoms with E-state index in [9.17, 15) is 13.2 Å². The molecule has 0 radical (unpaired) electrons. The molecule has 1 N–H and O–H groups in total. The van der Waals surface area contributed by atoms with Crippen molar-refractivity contribution in [3.8, 4) is 0 Å². The minimum Gasteiger partial charge on any atom is -0.361 e. The van der Waals surface area contributed by atoms with Gasteiger partial charge in [0.15, 0.2) is 0 Å². The van der Waals surface area contributed by atoms with Crippen LogP contribution < -0.4 is 0 Å². The Hall–Kier alpha value is -2.41. The molecular formula is C17H15F3N4. The van der Waals surface area contributed by atoms with Crippen LogP contribution in [-0.2, 0) is 25.7 Å². The standard InChI is InChI=1S/C17H15F3N4/c18-17(19,20)16-22-8-13-4-6-24(10-15(13)23-16)9-11-1-2-12-3-5-21-14(12)7-11/h1-3,5,7-8,21H,4,6,9-10H2. The highest BCUT2D eigenvalue weighted by molar-refractivity contribution is 5.79. The molecule has 4 nitrogen and oxygen atoms in total. The van der Waals surface area contributed by atoms with E-state index >= 15 is 0 Å². The molecule has 3 heterocycles. The monoisotopic (exact) mass is 332 g/mol. The second-order valence-corrected chi connectivity index (χ2v) is 6.02. The summed E-state index contributed by atoms with van der Waals surface area (Å²) in [6.07, 6.45) is -0.636. The van der Waals surface area contributed by atoms with Gasteiger partial charge in [-0.15, -0.1) is 0 Å². The van der Waals surface area contributed by atoms with Crippen molar-refractivity contribution in [3.05, 3.63) is 59.3 Å². The van der Waals surface area contributed by atoms with Crippen LogP contribution in [-0.4, -0.2) is 26.4 Å². The van der Waals surface area contributed by atoms with E-state index in [1.807, 2.05) is 24.4 Å². The Morgan fingerprint density at radius 1 is 1.21 bits per heavy atom. The zero-order valence-electron chi connectivity index (χ0n) is 12.8. The maximum Gasteiger partial charge on any atom is 0.451 e. The maximum atomic E-state index is 12.8. The van der Waals surface area contributed by atoms with Gasteiger partial charge < -0.3 is 4.98 Å². The van der Waals surface area contributed by atoms with Gasteiger partial charge in [-0.1, -0.05) is 12.1 Å². The molecule has 24 heavy (non-hydrogen) atoms. The highest BCUT2D eigenvalue weighted by atomic mass is 19.4. The number of hydrogen-bond acceptors (Lipinski definition) is 3. The van der Waals surface area contributed by atoms with Crippen molar-refractivity contribution in [3.63, 3.8) is 0 Å². The molecule has 7 heteroatoms. The van der Waals surface area contributed by atoms with Gasteiger partial charge in [-0.2, -0.15) is 13.2 Å². The lowest BCUT2D eigenvalue weighted by atomic mass is 10.1. The van der Waals surface area contributed by atoms with E-state index in [2.05, 4.69) is 25.9 Å². The lowest BCUT2D eigenvalue weighted by Crippen LogP contribution is -2.31. The van der Waals surface area contributed by atoms with E-state index in [4.69, 9.17) is 0 Å². The Kier molecular flexibility index (Phi) is 3.53. The first-order valence-electron chi connectivity index (χ1n) is 7.69.